The van der Waals surface area contributed by atoms with Crippen molar-refractivity contribution in [2.45, 2.75) is 0 Å². The summed E-state index contributed by atoms with van der Waals surface area (Å²) in [6.45, 7) is 0.995. The third-order valence-electron chi connectivity index (χ3n) is 4.82. The Kier molecular flexibility index (Phi) is 4.61. The fourth-order valence-corrected chi connectivity index (χ4v) is 4.40. The molecule has 6 nitrogen and oxygen atoms in total. The molecule has 1 fully saturated rings. The Bertz CT molecular complexity index is 1150. The third-order valence-corrected chi connectivity index (χ3v) is 6.43. The van der Waals surface area contributed by atoms with Crippen molar-refractivity contribution >= 4 is 15.5 Å². The Labute approximate surface area is 162 Å². The Hall–Kier alpha value is -3.18. The number of sulfone groups is 1. The maximum Gasteiger partial charge on any atom is 0.153 e. The Morgan fingerprint density at radius 1 is 1.04 bits per heavy atom. The van der Waals surface area contributed by atoms with Crippen LogP contribution >= 0.6 is 0 Å². The lowest BCUT2D eigenvalue weighted by atomic mass is 10.1. The molecule has 0 N–H and O–H groups in total. The Morgan fingerprint density at radius 3 is 2.39 bits per heavy atom. The second-order valence-corrected chi connectivity index (χ2v) is 8.94. The molecule has 0 atom stereocenters. The van der Waals surface area contributed by atoms with Gasteiger partial charge >= 0.3 is 0 Å². The molecule has 28 heavy (non-hydrogen) atoms. The molecule has 0 amide bonds. The van der Waals surface area contributed by atoms with Crippen LogP contribution in [0.3, 0.4) is 0 Å². The molecule has 1 aliphatic rings. The van der Waals surface area contributed by atoms with Gasteiger partial charge in [-0.05, 0) is 35.9 Å². The summed E-state index contributed by atoms with van der Waals surface area (Å²) >= 11 is 0. The smallest absolute Gasteiger partial charge is 0.153 e. The molecule has 1 aromatic heterocycles. The molecule has 1 aliphatic heterocycles. The zero-order valence-corrected chi connectivity index (χ0v) is 15.7. The topological polar surface area (TPSA) is 79.0 Å². The molecule has 0 bridgehead atoms. The van der Waals surface area contributed by atoms with Crippen LogP contribution in [0.4, 0.5) is 10.1 Å². The lowest BCUT2D eigenvalue weighted by Crippen LogP contribution is -2.40. The zero-order valence-electron chi connectivity index (χ0n) is 14.9. The molecule has 4 rings (SSSR count). The van der Waals surface area contributed by atoms with E-state index in [9.17, 15) is 12.8 Å². The summed E-state index contributed by atoms with van der Waals surface area (Å²) in [6, 6.07) is 13.9. The number of hydrogen-bond donors (Lipinski definition) is 0. The molecule has 8 heteroatoms. The summed E-state index contributed by atoms with van der Waals surface area (Å²) in [4.78, 5) is 2.06. The molecule has 2 aromatic carbocycles. The summed E-state index contributed by atoms with van der Waals surface area (Å²) in [5, 5.41) is 13.1. The van der Waals surface area contributed by atoms with Crippen LogP contribution in [0.25, 0.3) is 16.8 Å². The van der Waals surface area contributed by atoms with Crippen LogP contribution < -0.4 is 4.90 Å². The van der Waals surface area contributed by atoms with E-state index in [-0.39, 0.29) is 22.8 Å². The Morgan fingerprint density at radius 2 is 1.75 bits per heavy atom. The van der Waals surface area contributed by atoms with E-state index < -0.39 is 15.7 Å². The first kappa shape index (κ1) is 18.2. The number of nitrogens with zero attached hydrogens (tertiary/aromatic N) is 4. The van der Waals surface area contributed by atoms with Gasteiger partial charge in [-0.25, -0.2) is 17.5 Å². The van der Waals surface area contributed by atoms with Gasteiger partial charge in [0.2, 0.25) is 0 Å². The van der Waals surface area contributed by atoms with Crippen LogP contribution in [0.1, 0.15) is 5.56 Å². The van der Waals surface area contributed by atoms with Gasteiger partial charge in [0, 0.05) is 30.5 Å². The average molecular weight is 396 g/mol. The number of hydrogen-bond acceptors (Lipinski definition) is 5. The number of benzene rings is 2. The van der Waals surface area contributed by atoms with E-state index in [1.165, 1.54) is 16.8 Å². The zero-order chi connectivity index (χ0) is 19.7. The number of rotatable bonds is 3. The summed E-state index contributed by atoms with van der Waals surface area (Å²) in [5.41, 5.74) is 3.26. The van der Waals surface area contributed by atoms with Gasteiger partial charge in [0.1, 0.15) is 11.5 Å². The number of nitriles is 1. The van der Waals surface area contributed by atoms with Crippen molar-refractivity contribution < 1.29 is 12.8 Å². The van der Waals surface area contributed by atoms with Gasteiger partial charge in [0.05, 0.1) is 29.3 Å². The maximum absolute atomic E-state index is 14.2. The van der Waals surface area contributed by atoms with E-state index in [2.05, 4.69) is 10.00 Å². The predicted molar refractivity (Wildman–Crippen MR) is 105 cm³/mol. The highest BCUT2D eigenvalue weighted by atomic mass is 32.2. The normalized spacial score (nSPS) is 15.9. The van der Waals surface area contributed by atoms with Crippen LogP contribution in [-0.4, -0.2) is 42.8 Å². The monoisotopic (exact) mass is 396 g/mol. The predicted octanol–water partition coefficient (Wildman–Crippen LogP) is 2.78. The number of aromatic nitrogens is 2. The van der Waals surface area contributed by atoms with Gasteiger partial charge in [0.25, 0.3) is 0 Å². The van der Waals surface area contributed by atoms with Gasteiger partial charge < -0.3 is 4.90 Å². The van der Waals surface area contributed by atoms with Gasteiger partial charge in [-0.15, -0.1) is 0 Å². The first-order chi connectivity index (χ1) is 13.4. The van der Waals surface area contributed by atoms with E-state index in [0.29, 0.717) is 13.1 Å². The van der Waals surface area contributed by atoms with Crippen LogP contribution in [0.5, 0.6) is 0 Å². The largest absolute Gasteiger partial charge is 0.369 e. The number of anilines is 1. The first-order valence-electron chi connectivity index (χ1n) is 8.76. The minimum Gasteiger partial charge on any atom is -0.369 e. The molecule has 0 aliphatic carbocycles. The fourth-order valence-electron chi connectivity index (χ4n) is 3.20. The molecule has 142 valence electrons. The minimum absolute atomic E-state index is 0.178. The molecular formula is C20H17FN4O2S. The fraction of sp³-hybridized carbons (Fsp3) is 0.200. The standard InChI is InChI=1S/C20H17FN4O2S/c21-19-11-15(12-22)1-6-20(19)25-14-17(13-23-25)16-2-4-18(5-3-16)24-7-9-28(26,27)10-8-24/h1-6,11,13-14H,7-10H2. The van der Waals surface area contributed by atoms with Crippen molar-refractivity contribution in [3.63, 3.8) is 0 Å². The van der Waals surface area contributed by atoms with E-state index in [4.69, 9.17) is 5.26 Å². The van der Waals surface area contributed by atoms with Crippen molar-refractivity contribution in [2.24, 2.45) is 0 Å². The van der Waals surface area contributed by atoms with Gasteiger partial charge in [-0.3, -0.25) is 0 Å². The maximum atomic E-state index is 14.2. The highest BCUT2D eigenvalue weighted by Crippen LogP contribution is 2.25. The van der Waals surface area contributed by atoms with Crippen molar-refractivity contribution in [1.29, 1.82) is 5.26 Å². The quantitative estimate of drug-likeness (QED) is 0.680. The van der Waals surface area contributed by atoms with Crippen LogP contribution in [0.2, 0.25) is 0 Å². The second kappa shape index (κ2) is 7.09. The lowest BCUT2D eigenvalue weighted by Gasteiger charge is -2.28. The second-order valence-electron chi connectivity index (χ2n) is 6.64. The van der Waals surface area contributed by atoms with Crippen molar-refractivity contribution in [3.8, 4) is 22.9 Å². The third kappa shape index (κ3) is 3.62. The summed E-state index contributed by atoms with van der Waals surface area (Å²) in [5.74, 6) is -0.154. The lowest BCUT2D eigenvalue weighted by molar-refractivity contribution is 0.587. The summed E-state index contributed by atoms with van der Waals surface area (Å²) in [6.07, 6.45) is 3.38. The highest BCUT2D eigenvalue weighted by Gasteiger charge is 2.21. The molecular weight excluding hydrogens is 379 g/mol. The molecule has 0 spiro atoms. The van der Waals surface area contributed by atoms with Crippen molar-refractivity contribution in [2.75, 3.05) is 29.5 Å². The molecule has 0 saturated carbocycles. The minimum atomic E-state index is -2.91. The van der Waals surface area contributed by atoms with Crippen molar-refractivity contribution in [1.82, 2.24) is 9.78 Å². The van der Waals surface area contributed by atoms with E-state index >= 15 is 0 Å². The number of halogens is 1. The van der Waals surface area contributed by atoms with E-state index in [1.54, 1.807) is 18.5 Å². The molecule has 0 radical (unpaired) electrons. The summed E-state index contributed by atoms with van der Waals surface area (Å²) in [7, 11) is -2.91. The SMILES string of the molecule is N#Cc1ccc(-n2cc(-c3ccc(N4CCS(=O)(=O)CC4)cc3)cn2)c(F)c1. The Balaban J connectivity index is 1.54. The molecule has 1 saturated heterocycles. The van der Waals surface area contributed by atoms with Gasteiger partial charge in [-0.2, -0.15) is 10.4 Å². The molecule has 0 unspecified atom stereocenters. The van der Waals surface area contributed by atoms with Crippen molar-refractivity contribution in [3.05, 3.63) is 66.2 Å². The first-order valence-corrected chi connectivity index (χ1v) is 10.6. The van der Waals surface area contributed by atoms with Crippen LogP contribution in [0, 0.1) is 17.1 Å². The van der Waals surface area contributed by atoms with Crippen LogP contribution in [0.15, 0.2) is 54.9 Å². The van der Waals surface area contributed by atoms with Gasteiger partial charge in [-0.1, -0.05) is 12.1 Å². The molecule has 2 heterocycles. The van der Waals surface area contributed by atoms with Crippen LogP contribution in [-0.2, 0) is 9.84 Å². The van der Waals surface area contributed by atoms with Gasteiger partial charge in [0.15, 0.2) is 9.84 Å². The van der Waals surface area contributed by atoms with E-state index in [0.717, 1.165) is 16.8 Å². The highest BCUT2D eigenvalue weighted by molar-refractivity contribution is 7.91. The average Bonchev–Trinajstić information content (AvgIpc) is 3.18. The molecule has 3 aromatic rings. The summed E-state index contributed by atoms with van der Waals surface area (Å²) < 4.78 is 38.8. The van der Waals surface area contributed by atoms with E-state index in [1.807, 2.05) is 30.3 Å².